The van der Waals surface area contributed by atoms with E-state index in [2.05, 4.69) is 4.98 Å². The number of nitrogens with zero attached hydrogens (tertiary/aromatic N) is 1. The number of ether oxygens (including phenoxy) is 2. The number of imide groups is 1. The summed E-state index contributed by atoms with van der Waals surface area (Å²) < 4.78 is 9.98. The molecule has 9 heteroatoms. The van der Waals surface area contributed by atoms with Crippen molar-refractivity contribution in [3.05, 3.63) is 34.7 Å². The van der Waals surface area contributed by atoms with E-state index in [1.165, 1.54) is 0 Å². The summed E-state index contributed by atoms with van der Waals surface area (Å²) in [5, 5.41) is 0. The van der Waals surface area contributed by atoms with Gasteiger partial charge in [-0.25, -0.2) is 4.79 Å². The normalized spacial score (nSPS) is 20.3. The van der Waals surface area contributed by atoms with Gasteiger partial charge in [0.15, 0.2) is 6.61 Å². The molecule has 0 radical (unpaired) electrons. The van der Waals surface area contributed by atoms with Crippen molar-refractivity contribution in [3.63, 3.8) is 0 Å². The van der Waals surface area contributed by atoms with Gasteiger partial charge in [-0.15, -0.1) is 0 Å². The molecule has 0 bridgehead atoms. The van der Waals surface area contributed by atoms with Crippen molar-refractivity contribution in [3.8, 4) is 0 Å². The summed E-state index contributed by atoms with van der Waals surface area (Å²) in [6.07, 6.45) is 4.68. The van der Waals surface area contributed by atoms with E-state index < -0.39 is 42.7 Å². The molecule has 2 heterocycles. The minimum atomic E-state index is -0.844. The third-order valence-corrected chi connectivity index (χ3v) is 5.45. The molecule has 1 aliphatic heterocycles. The van der Waals surface area contributed by atoms with Gasteiger partial charge in [0.05, 0.1) is 29.7 Å². The van der Waals surface area contributed by atoms with Gasteiger partial charge in [-0.1, -0.05) is 12.2 Å². The minimum Gasteiger partial charge on any atom is -0.462 e. The van der Waals surface area contributed by atoms with E-state index in [1.54, 1.807) is 20.8 Å². The van der Waals surface area contributed by atoms with Crippen LogP contribution in [0.1, 0.15) is 51.9 Å². The Kier molecular flexibility index (Phi) is 6.19. The van der Waals surface area contributed by atoms with Gasteiger partial charge < -0.3 is 14.5 Å². The average Bonchev–Trinajstić information content (AvgIpc) is 3.15. The van der Waals surface area contributed by atoms with Crippen LogP contribution in [0.3, 0.4) is 0 Å². The zero-order valence-corrected chi connectivity index (χ0v) is 17.1. The third-order valence-electron chi connectivity index (χ3n) is 5.45. The number of allylic oxidation sites excluding steroid dienone is 2. The van der Waals surface area contributed by atoms with Crippen LogP contribution in [0.25, 0.3) is 0 Å². The molecule has 1 saturated heterocycles. The molecule has 1 aromatic rings. The lowest BCUT2D eigenvalue weighted by atomic mass is 9.85. The van der Waals surface area contributed by atoms with Gasteiger partial charge in [0.2, 0.25) is 17.6 Å². The van der Waals surface area contributed by atoms with Crippen LogP contribution in [0.4, 0.5) is 0 Å². The summed E-state index contributed by atoms with van der Waals surface area (Å²) in [6.45, 7) is 4.03. The Balaban J connectivity index is 1.60. The van der Waals surface area contributed by atoms with Gasteiger partial charge >= 0.3 is 11.9 Å². The van der Waals surface area contributed by atoms with E-state index in [-0.39, 0.29) is 29.7 Å². The van der Waals surface area contributed by atoms with Crippen molar-refractivity contribution in [2.75, 3.05) is 19.8 Å². The minimum absolute atomic E-state index is 0.147. The number of aromatic amines is 1. The molecule has 1 N–H and O–H groups in total. The number of nitrogens with one attached hydrogen (secondary N) is 1. The van der Waals surface area contributed by atoms with Gasteiger partial charge in [0.1, 0.15) is 6.54 Å². The number of Topliss-reactive ketones (excluding diaryl/α,β-unsaturated/α-hetero) is 1. The quantitative estimate of drug-likeness (QED) is 0.309. The highest BCUT2D eigenvalue weighted by Crippen LogP contribution is 2.34. The molecule has 2 amide bonds. The number of H-pyrrole nitrogens is 1. The van der Waals surface area contributed by atoms with Gasteiger partial charge in [-0.05, 0) is 39.2 Å². The maximum atomic E-state index is 12.5. The van der Waals surface area contributed by atoms with Crippen LogP contribution in [0.5, 0.6) is 0 Å². The van der Waals surface area contributed by atoms with Crippen molar-refractivity contribution in [1.29, 1.82) is 0 Å². The van der Waals surface area contributed by atoms with Crippen LogP contribution in [0, 0.1) is 25.7 Å². The van der Waals surface area contributed by atoms with Crippen LogP contribution in [-0.4, -0.2) is 59.2 Å². The molecular weight excluding hydrogens is 392 g/mol. The second-order valence-electron chi connectivity index (χ2n) is 7.35. The fourth-order valence-corrected chi connectivity index (χ4v) is 3.96. The first-order chi connectivity index (χ1) is 14.3. The molecule has 0 saturated carbocycles. The van der Waals surface area contributed by atoms with Crippen molar-refractivity contribution in [1.82, 2.24) is 9.88 Å². The van der Waals surface area contributed by atoms with E-state index in [1.807, 2.05) is 12.2 Å². The number of carbonyl (C=O) groups is 5. The Bertz CT molecular complexity index is 917. The summed E-state index contributed by atoms with van der Waals surface area (Å²) >= 11 is 0. The molecule has 1 fully saturated rings. The fourth-order valence-electron chi connectivity index (χ4n) is 3.96. The van der Waals surface area contributed by atoms with E-state index in [0.29, 0.717) is 24.1 Å². The summed E-state index contributed by atoms with van der Waals surface area (Å²) in [5.41, 5.74) is 1.31. The zero-order valence-electron chi connectivity index (χ0n) is 17.1. The molecule has 2 unspecified atom stereocenters. The molecule has 0 spiro atoms. The van der Waals surface area contributed by atoms with Gasteiger partial charge in [0.25, 0.3) is 0 Å². The lowest BCUT2D eigenvalue weighted by Gasteiger charge is -2.14. The van der Waals surface area contributed by atoms with Crippen LogP contribution >= 0.6 is 0 Å². The molecule has 0 aromatic carbocycles. The molecule has 3 rings (SSSR count). The zero-order chi connectivity index (χ0) is 22.0. The van der Waals surface area contributed by atoms with Crippen LogP contribution in [0.15, 0.2) is 12.2 Å². The summed E-state index contributed by atoms with van der Waals surface area (Å²) in [6, 6.07) is 0. The second kappa shape index (κ2) is 8.64. The van der Waals surface area contributed by atoms with E-state index in [9.17, 15) is 24.0 Å². The standard InChI is InChI=1S/C21H24N2O7/c1-4-29-21(28)17-11(2)18(22-12(17)3)15(24)10-30-16(25)9-23-19(26)13-7-5-6-8-14(13)20(23)27/h5-6,13-14,22H,4,7-10H2,1-3H3. The molecule has 1 aliphatic carbocycles. The van der Waals surface area contributed by atoms with E-state index in [4.69, 9.17) is 9.47 Å². The molecule has 2 atom stereocenters. The van der Waals surface area contributed by atoms with Gasteiger partial charge in [-0.2, -0.15) is 0 Å². The number of hydrogen-bond acceptors (Lipinski definition) is 7. The van der Waals surface area contributed by atoms with Crippen molar-refractivity contribution in [2.24, 2.45) is 11.8 Å². The van der Waals surface area contributed by atoms with Crippen molar-refractivity contribution < 1.29 is 33.4 Å². The molecule has 160 valence electrons. The summed E-state index contributed by atoms with van der Waals surface area (Å²) in [5.74, 6) is -3.54. The highest BCUT2D eigenvalue weighted by Gasteiger charge is 2.47. The predicted molar refractivity (Wildman–Crippen MR) is 104 cm³/mol. The van der Waals surface area contributed by atoms with Crippen LogP contribution < -0.4 is 0 Å². The molecule has 9 nitrogen and oxygen atoms in total. The predicted octanol–water partition coefficient (Wildman–Crippen LogP) is 1.49. The largest absolute Gasteiger partial charge is 0.462 e. The number of rotatable bonds is 7. The molecule has 2 aliphatic rings. The number of amides is 2. The lowest BCUT2D eigenvalue weighted by Crippen LogP contribution is -2.37. The topological polar surface area (TPSA) is 123 Å². The Labute approximate surface area is 173 Å². The molecular formula is C21H24N2O7. The first-order valence-electron chi connectivity index (χ1n) is 9.81. The maximum Gasteiger partial charge on any atom is 0.340 e. The SMILES string of the molecule is CCOC(=O)c1c(C)[nH]c(C(=O)COC(=O)CN2C(=O)C3CC=CCC3C2=O)c1C. The third kappa shape index (κ3) is 3.92. The van der Waals surface area contributed by atoms with Gasteiger partial charge in [-0.3, -0.25) is 24.1 Å². The van der Waals surface area contributed by atoms with E-state index in [0.717, 1.165) is 4.90 Å². The first-order valence-corrected chi connectivity index (χ1v) is 9.81. The van der Waals surface area contributed by atoms with Crippen molar-refractivity contribution in [2.45, 2.75) is 33.6 Å². The number of likely N-dealkylation sites (tertiary alicyclic amines) is 1. The van der Waals surface area contributed by atoms with E-state index >= 15 is 0 Å². The van der Waals surface area contributed by atoms with Gasteiger partial charge in [0, 0.05) is 5.69 Å². The Morgan fingerprint density at radius 2 is 1.67 bits per heavy atom. The first kappa shape index (κ1) is 21.5. The maximum absolute atomic E-state index is 12.5. The summed E-state index contributed by atoms with van der Waals surface area (Å²) in [4.78, 5) is 65.2. The van der Waals surface area contributed by atoms with Crippen LogP contribution in [-0.2, 0) is 23.9 Å². The molecule has 30 heavy (non-hydrogen) atoms. The second-order valence-corrected chi connectivity index (χ2v) is 7.35. The number of aromatic nitrogens is 1. The summed E-state index contributed by atoms with van der Waals surface area (Å²) in [7, 11) is 0. The number of fused-ring (bicyclic) bond motifs is 1. The average molecular weight is 416 g/mol. The Morgan fingerprint density at radius 1 is 1.07 bits per heavy atom. The molecule has 1 aromatic heterocycles. The van der Waals surface area contributed by atoms with Crippen LogP contribution in [0.2, 0.25) is 0 Å². The smallest absolute Gasteiger partial charge is 0.340 e. The fraction of sp³-hybridized carbons (Fsp3) is 0.476. The lowest BCUT2D eigenvalue weighted by molar-refractivity contribution is -0.152. The number of ketones is 1. The Hall–Kier alpha value is -3.23. The number of carbonyl (C=O) groups excluding carboxylic acids is 5. The number of hydrogen-bond donors (Lipinski definition) is 1. The highest BCUT2D eigenvalue weighted by atomic mass is 16.5. The number of esters is 2. The van der Waals surface area contributed by atoms with Crippen molar-refractivity contribution >= 4 is 29.5 Å². The highest BCUT2D eigenvalue weighted by molar-refractivity contribution is 6.07. The number of aryl methyl sites for hydroxylation is 1. The monoisotopic (exact) mass is 416 g/mol. The Morgan fingerprint density at radius 3 is 2.23 bits per heavy atom.